The molecule has 22 heavy (non-hydrogen) atoms. The molecule has 1 amide bonds. The third-order valence-electron chi connectivity index (χ3n) is 3.16. The number of rotatable bonds is 5. The molecule has 0 saturated carbocycles. The average Bonchev–Trinajstić information content (AvgIpc) is 3.00. The number of hydrogen-bond donors (Lipinski definition) is 2. The number of benzene rings is 2. The van der Waals surface area contributed by atoms with E-state index in [2.05, 4.69) is 15.3 Å². The van der Waals surface area contributed by atoms with E-state index in [4.69, 9.17) is 16.3 Å². The molecule has 0 radical (unpaired) electrons. The number of aromatic nitrogens is 2. The Hall–Kier alpha value is -2.53. The van der Waals surface area contributed by atoms with Gasteiger partial charge in [0.05, 0.1) is 17.4 Å². The first-order valence-electron chi connectivity index (χ1n) is 6.78. The molecule has 5 nitrogen and oxygen atoms in total. The topological polar surface area (TPSA) is 67.0 Å². The smallest absolute Gasteiger partial charge is 0.258 e. The summed E-state index contributed by atoms with van der Waals surface area (Å²) in [6, 6.07) is 12.7. The van der Waals surface area contributed by atoms with E-state index in [0.717, 1.165) is 16.6 Å². The van der Waals surface area contributed by atoms with Crippen molar-refractivity contribution in [3.63, 3.8) is 0 Å². The largest absolute Gasteiger partial charge is 0.484 e. The van der Waals surface area contributed by atoms with E-state index >= 15 is 0 Å². The third-order valence-corrected chi connectivity index (χ3v) is 3.41. The number of ether oxygens (including phenoxy) is 1. The number of imidazole rings is 1. The number of H-pyrrole nitrogens is 1. The first-order chi connectivity index (χ1) is 10.7. The lowest BCUT2D eigenvalue weighted by molar-refractivity contribution is -0.123. The van der Waals surface area contributed by atoms with E-state index in [1.54, 1.807) is 30.6 Å². The number of nitrogens with zero attached hydrogens (tertiary/aromatic N) is 1. The van der Waals surface area contributed by atoms with Gasteiger partial charge in [-0.1, -0.05) is 17.7 Å². The summed E-state index contributed by atoms with van der Waals surface area (Å²) in [5.41, 5.74) is 2.85. The number of nitrogens with one attached hydrogen (secondary N) is 2. The minimum absolute atomic E-state index is 0.0338. The molecule has 3 aromatic rings. The number of aromatic amines is 1. The van der Waals surface area contributed by atoms with Gasteiger partial charge in [-0.15, -0.1) is 0 Å². The molecule has 2 N–H and O–H groups in total. The fourth-order valence-corrected chi connectivity index (χ4v) is 2.15. The maximum absolute atomic E-state index is 11.8. The second kappa shape index (κ2) is 6.49. The highest BCUT2D eigenvalue weighted by Crippen LogP contribution is 2.15. The van der Waals surface area contributed by atoms with Gasteiger partial charge in [-0.2, -0.15) is 0 Å². The number of halogens is 1. The van der Waals surface area contributed by atoms with Crippen LogP contribution in [0, 0.1) is 0 Å². The standard InChI is InChI=1S/C16H14ClN3O2/c17-12-2-4-13(5-3-12)22-9-16(21)18-8-11-1-6-14-15(7-11)20-10-19-14/h1-7,10H,8-9H2,(H,18,21)(H,19,20). The van der Waals surface area contributed by atoms with Crippen molar-refractivity contribution in [1.82, 2.24) is 15.3 Å². The van der Waals surface area contributed by atoms with Crippen molar-refractivity contribution >= 4 is 28.5 Å². The van der Waals surface area contributed by atoms with Gasteiger partial charge in [0.15, 0.2) is 6.61 Å². The molecule has 1 heterocycles. The predicted octanol–water partition coefficient (Wildman–Crippen LogP) is 2.91. The minimum atomic E-state index is -0.181. The highest BCUT2D eigenvalue weighted by Gasteiger charge is 2.04. The Morgan fingerprint density at radius 3 is 2.86 bits per heavy atom. The highest BCUT2D eigenvalue weighted by atomic mass is 35.5. The zero-order chi connectivity index (χ0) is 15.4. The van der Waals surface area contributed by atoms with E-state index in [9.17, 15) is 4.79 Å². The summed E-state index contributed by atoms with van der Waals surface area (Å²) >= 11 is 5.78. The molecular formula is C16H14ClN3O2. The maximum Gasteiger partial charge on any atom is 0.258 e. The first-order valence-corrected chi connectivity index (χ1v) is 7.15. The van der Waals surface area contributed by atoms with Gasteiger partial charge in [0, 0.05) is 11.6 Å². The van der Waals surface area contributed by atoms with Gasteiger partial charge in [0.1, 0.15) is 5.75 Å². The molecular weight excluding hydrogens is 302 g/mol. The van der Waals surface area contributed by atoms with Crippen LogP contribution in [0.5, 0.6) is 5.75 Å². The SMILES string of the molecule is O=C(COc1ccc(Cl)cc1)NCc1ccc2nc[nH]c2c1. The summed E-state index contributed by atoms with van der Waals surface area (Å²) in [5.74, 6) is 0.429. The van der Waals surface area contributed by atoms with Gasteiger partial charge in [-0.25, -0.2) is 4.98 Å². The Balaban J connectivity index is 1.50. The van der Waals surface area contributed by atoms with Gasteiger partial charge in [0.25, 0.3) is 5.91 Å². The number of carbonyl (C=O) groups excluding carboxylic acids is 1. The van der Waals surface area contributed by atoms with Crippen LogP contribution in [-0.4, -0.2) is 22.5 Å². The predicted molar refractivity (Wildman–Crippen MR) is 84.9 cm³/mol. The Morgan fingerprint density at radius 1 is 1.23 bits per heavy atom. The van der Waals surface area contributed by atoms with Gasteiger partial charge >= 0.3 is 0 Å². The molecule has 0 unspecified atom stereocenters. The number of amides is 1. The van der Waals surface area contributed by atoms with E-state index in [1.807, 2.05) is 18.2 Å². The quantitative estimate of drug-likeness (QED) is 0.760. The van der Waals surface area contributed by atoms with Crippen molar-refractivity contribution in [1.29, 1.82) is 0 Å². The van der Waals surface area contributed by atoms with Crippen LogP contribution >= 0.6 is 11.6 Å². The molecule has 2 aromatic carbocycles. The van der Waals surface area contributed by atoms with Crippen molar-refractivity contribution in [2.24, 2.45) is 0 Å². The van der Waals surface area contributed by atoms with E-state index < -0.39 is 0 Å². The maximum atomic E-state index is 11.8. The molecule has 0 spiro atoms. The van der Waals surface area contributed by atoms with Crippen LogP contribution in [0.2, 0.25) is 5.02 Å². The van der Waals surface area contributed by atoms with E-state index in [-0.39, 0.29) is 12.5 Å². The third kappa shape index (κ3) is 3.56. The monoisotopic (exact) mass is 315 g/mol. The van der Waals surface area contributed by atoms with Crippen LogP contribution in [0.1, 0.15) is 5.56 Å². The summed E-state index contributed by atoms with van der Waals surface area (Å²) < 4.78 is 5.38. The molecule has 0 fully saturated rings. The first kappa shape index (κ1) is 14.4. The summed E-state index contributed by atoms with van der Waals surface area (Å²) in [4.78, 5) is 19.0. The summed E-state index contributed by atoms with van der Waals surface area (Å²) in [6.45, 7) is 0.408. The molecule has 6 heteroatoms. The molecule has 112 valence electrons. The fraction of sp³-hybridized carbons (Fsp3) is 0.125. The molecule has 0 aliphatic rings. The molecule has 0 atom stereocenters. The van der Waals surface area contributed by atoms with Crippen molar-refractivity contribution in [3.05, 3.63) is 59.4 Å². The fourth-order valence-electron chi connectivity index (χ4n) is 2.02. The van der Waals surface area contributed by atoms with Crippen molar-refractivity contribution < 1.29 is 9.53 Å². The Bertz CT molecular complexity index is 783. The number of carbonyl (C=O) groups is 1. The summed E-state index contributed by atoms with van der Waals surface area (Å²) in [5, 5.41) is 3.44. The molecule has 1 aromatic heterocycles. The van der Waals surface area contributed by atoms with Gasteiger partial charge < -0.3 is 15.0 Å². The minimum Gasteiger partial charge on any atom is -0.484 e. The number of hydrogen-bond acceptors (Lipinski definition) is 3. The molecule has 3 rings (SSSR count). The zero-order valence-corrected chi connectivity index (χ0v) is 12.4. The molecule has 0 aliphatic heterocycles. The van der Waals surface area contributed by atoms with Crippen LogP contribution in [0.15, 0.2) is 48.8 Å². The van der Waals surface area contributed by atoms with Gasteiger partial charge in [0.2, 0.25) is 0 Å². The Kier molecular flexibility index (Phi) is 4.25. The van der Waals surface area contributed by atoms with Gasteiger partial charge in [-0.05, 0) is 42.0 Å². The van der Waals surface area contributed by atoms with Crippen LogP contribution in [0.3, 0.4) is 0 Å². The van der Waals surface area contributed by atoms with E-state index in [1.165, 1.54) is 0 Å². The molecule has 0 bridgehead atoms. The average molecular weight is 316 g/mol. The lowest BCUT2D eigenvalue weighted by Crippen LogP contribution is -2.28. The lowest BCUT2D eigenvalue weighted by Gasteiger charge is -2.07. The van der Waals surface area contributed by atoms with Crippen LogP contribution in [-0.2, 0) is 11.3 Å². The van der Waals surface area contributed by atoms with Crippen LogP contribution in [0.4, 0.5) is 0 Å². The lowest BCUT2D eigenvalue weighted by atomic mass is 10.2. The zero-order valence-electron chi connectivity index (χ0n) is 11.7. The van der Waals surface area contributed by atoms with Crippen molar-refractivity contribution in [2.45, 2.75) is 6.54 Å². The normalized spacial score (nSPS) is 10.6. The second-order valence-electron chi connectivity index (χ2n) is 4.77. The number of fused-ring (bicyclic) bond motifs is 1. The second-order valence-corrected chi connectivity index (χ2v) is 5.21. The Labute approximate surface area is 132 Å². The van der Waals surface area contributed by atoms with Crippen LogP contribution in [0.25, 0.3) is 11.0 Å². The van der Waals surface area contributed by atoms with Gasteiger partial charge in [-0.3, -0.25) is 4.79 Å². The van der Waals surface area contributed by atoms with E-state index in [0.29, 0.717) is 17.3 Å². The highest BCUT2D eigenvalue weighted by molar-refractivity contribution is 6.30. The van der Waals surface area contributed by atoms with Crippen molar-refractivity contribution in [2.75, 3.05) is 6.61 Å². The van der Waals surface area contributed by atoms with Crippen LogP contribution < -0.4 is 10.1 Å². The summed E-state index contributed by atoms with van der Waals surface area (Å²) in [6.07, 6.45) is 1.65. The molecule has 0 saturated heterocycles. The molecule has 0 aliphatic carbocycles. The summed E-state index contributed by atoms with van der Waals surface area (Å²) in [7, 11) is 0. The Morgan fingerprint density at radius 2 is 2.05 bits per heavy atom. The van der Waals surface area contributed by atoms with Crippen molar-refractivity contribution in [3.8, 4) is 5.75 Å².